The highest BCUT2D eigenvalue weighted by atomic mass is 19.4. The first-order valence-corrected chi connectivity index (χ1v) is 12.9. The van der Waals surface area contributed by atoms with Gasteiger partial charge in [0.2, 0.25) is 5.91 Å². The second-order valence-electron chi connectivity index (χ2n) is 9.98. The number of alkyl halides is 3. The Balaban J connectivity index is 1.45. The predicted octanol–water partition coefficient (Wildman–Crippen LogP) is 5.93. The molecule has 5 rings (SSSR count). The van der Waals surface area contributed by atoms with Gasteiger partial charge < -0.3 is 9.80 Å². The fraction of sp³-hybridized carbons (Fsp3) is 0.333. The largest absolute Gasteiger partial charge is 0.416 e. The highest BCUT2D eigenvalue weighted by molar-refractivity contribution is 6.07. The van der Waals surface area contributed by atoms with E-state index in [9.17, 15) is 22.8 Å². The molecule has 0 unspecified atom stereocenters. The third-order valence-corrected chi connectivity index (χ3v) is 7.45. The number of hydrogen-bond donors (Lipinski definition) is 0. The number of nitrogens with zero attached hydrogens (tertiary/aromatic N) is 3. The van der Waals surface area contributed by atoms with Gasteiger partial charge in [-0.3, -0.25) is 14.5 Å². The number of anilines is 2. The van der Waals surface area contributed by atoms with E-state index in [2.05, 4.69) is 17.0 Å². The van der Waals surface area contributed by atoms with Crippen molar-refractivity contribution in [3.05, 3.63) is 95.1 Å². The summed E-state index contributed by atoms with van der Waals surface area (Å²) in [5.41, 5.74) is 2.74. The van der Waals surface area contributed by atoms with Gasteiger partial charge in [0.1, 0.15) is 0 Å². The molecule has 0 atom stereocenters. The topological polar surface area (TPSA) is 43.9 Å². The minimum Gasteiger partial charge on any atom is -0.312 e. The Bertz CT molecular complexity index is 1320. The lowest BCUT2D eigenvalue weighted by Gasteiger charge is -2.39. The van der Waals surface area contributed by atoms with Crippen LogP contribution in [0.5, 0.6) is 0 Å². The summed E-state index contributed by atoms with van der Waals surface area (Å²) in [4.78, 5) is 31.7. The maximum absolute atomic E-state index is 13.9. The lowest BCUT2D eigenvalue weighted by Crippen LogP contribution is -2.47. The average Bonchev–Trinajstić information content (AvgIpc) is 3.34. The smallest absolute Gasteiger partial charge is 0.312 e. The third-order valence-electron chi connectivity index (χ3n) is 7.45. The molecule has 0 N–H and O–H groups in total. The fourth-order valence-corrected chi connectivity index (χ4v) is 5.48. The Morgan fingerprint density at radius 2 is 1.66 bits per heavy atom. The average molecular weight is 522 g/mol. The first-order chi connectivity index (χ1) is 18.2. The standard InChI is InChI=1S/C30H30F3N3O2/c1-21(37)35-17-12-23-10-11-27(19-28(23)35)36(29(38)24-8-5-9-25(18-24)30(31,32)33)26-13-15-34(16-14-26)20-22-6-3-2-4-7-22/h2-11,18-19,26H,12-17,20H2,1H3. The summed E-state index contributed by atoms with van der Waals surface area (Å²) in [5.74, 6) is -0.546. The zero-order valence-electron chi connectivity index (χ0n) is 21.2. The van der Waals surface area contributed by atoms with Crippen molar-refractivity contribution in [1.29, 1.82) is 0 Å². The van der Waals surface area contributed by atoms with Crippen molar-refractivity contribution >= 4 is 23.2 Å². The van der Waals surface area contributed by atoms with E-state index in [0.29, 0.717) is 25.1 Å². The van der Waals surface area contributed by atoms with E-state index < -0.39 is 17.6 Å². The molecule has 3 aromatic carbocycles. The Kier molecular flexibility index (Phi) is 7.25. The highest BCUT2D eigenvalue weighted by Crippen LogP contribution is 2.36. The lowest BCUT2D eigenvalue weighted by atomic mass is 9.99. The molecule has 2 aliphatic rings. The van der Waals surface area contributed by atoms with Gasteiger partial charge in [-0.05, 0) is 60.7 Å². The molecule has 0 aliphatic carbocycles. The van der Waals surface area contributed by atoms with Gasteiger partial charge in [-0.2, -0.15) is 13.2 Å². The number of piperidine rings is 1. The van der Waals surface area contributed by atoms with Crippen LogP contribution in [0.1, 0.15) is 46.8 Å². The van der Waals surface area contributed by atoms with Crippen LogP contribution in [0.15, 0.2) is 72.8 Å². The monoisotopic (exact) mass is 521 g/mol. The molecule has 0 spiro atoms. The number of carbonyl (C=O) groups is 2. The van der Waals surface area contributed by atoms with Crippen molar-refractivity contribution in [2.75, 3.05) is 29.4 Å². The predicted molar refractivity (Wildman–Crippen MR) is 141 cm³/mol. The summed E-state index contributed by atoms with van der Waals surface area (Å²) in [6, 6.07) is 20.2. The number of carbonyl (C=O) groups excluding carboxylic acids is 2. The first kappa shape index (κ1) is 26.0. The minimum absolute atomic E-state index is 0.00420. The zero-order chi connectivity index (χ0) is 26.9. The molecular formula is C30H30F3N3O2. The van der Waals surface area contributed by atoms with Gasteiger partial charge >= 0.3 is 6.18 Å². The van der Waals surface area contributed by atoms with Gasteiger partial charge in [0, 0.05) is 56.1 Å². The van der Waals surface area contributed by atoms with Crippen molar-refractivity contribution in [1.82, 2.24) is 4.90 Å². The molecule has 0 bridgehead atoms. The summed E-state index contributed by atoms with van der Waals surface area (Å²) in [6.07, 6.45) is -2.44. The van der Waals surface area contributed by atoms with Crippen LogP contribution in [0, 0.1) is 0 Å². The van der Waals surface area contributed by atoms with E-state index in [4.69, 9.17) is 0 Å². The molecule has 3 aromatic rings. The molecule has 2 heterocycles. The second kappa shape index (κ2) is 10.6. The van der Waals surface area contributed by atoms with Crippen LogP contribution in [0.3, 0.4) is 0 Å². The summed E-state index contributed by atoms with van der Waals surface area (Å²) in [5, 5.41) is 0. The van der Waals surface area contributed by atoms with Crippen molar-refractivity contribution in [2.24, 2.45) is 0 Å². The molecule has 2 amide bonds. The quantitative estimate of drug-likeness (QED) is 0.418. The van der Waals surface area contributed by atoms with Gasteiger partial charge in [0.15, 0.2) is 0 Å². The number of benzene rings is 3. The van der Waals surface area contributed by atoms with Crippen LogP contribution < -0.4 is 9.80 Å². The molecular weight excluding hydrogens is 491 g/mol. The van der Waals surface area contributed by atoms with Crippen molar-refractivity contribution in [2.45, 2.75) is 44.9 Å². The van der Waals surface area contributed by atoms with Gasteiger partial charge in [-0.1, -0.05) is 42.5 Å². The highest BCUT2D eigenvalue weighted by Gasteiger charge is 2.34. The lowest BCUT2D eigenvalue weighted by molar-refractivity contribution is -0.137. The molecule has 198 valence electrons. The van der Waals surface area contributed by atoms with Crippen LogP contribution in [-0.4, -0.2) is 42.4 Å². The van der Waals surface area contributed by atoms with Crippen LogP contribution in [0.4, 0.5) is 24.5 Å². The molecule has 38 heavy (non-hydrogen) atoms. The molecule has 1 fully saturated rings. The Morgan fingerprint density at radius 3 is 2.34 bits per heavy atom. The number of amides is 2. The number of fused-ring (bicyclic) bond motifs is 1. The molecule has 0 radical (unpaired) electrons. The fourth-order valence-electron chi connectivity index (χ4n) is 5.48. The van der Waals surface area contributed by atoms with Crippen molar-refractivity contribution in [3.63, 3.8) is 0 Å². The van der Waals surface area contributed by atoms with Crippen LogP contribution in [-0.2, 0) is 23.9 Å². The molecule has 1 saturated heterocycles. The number of halogens is 3. The SMILES string of the molecule is CC(=O)N1CCc2ccc(N(C(=O)c3cccc(C(F)(F)F)c3)C3CCN(Cc4ccccc4)CC3)cc21. The second-order valence-corrected chi connectivity index (χ2v) is 9.98. The van der Waals surface area contributed by atoms with E-state index >= 15 is 0 Å². The summed E-state index contributed by atoms with van der Waals surface area (Å²) in [6.45, 7) is 4.41. The normalized spacial score (nSPS) is 16.4. The van der Waals surface area contributed by atoms with Crippen LogP contribution >= 0.6 is 0 Å². The van der Waals surface area contributed by atoms with Gasteiger partial charge in [0.05, 0.1) is 5.56 Å². The number of hydrogen-bond acceptors (Lipinski definition) is 3. The Hall–Kier alpha value is -3.65. The minimum atomic E-state index is -4.54. The maximum atomic E-state index is 13.9. The molecule has 2 aliphatic heterocycles. The van der Waals surface area contributed by atoms with E-state index in [1.807, 2.05) is 36.4 Å². The van der Waals surface area contributed by atoms with Crippen molar-refractivity contribution < 1.29 is 22.8 Å². The Labute approximate surface area is 220 Å². The van der Waals surface area contributed by atoms with Crippen LogP contribution in [0.25, 0.3) is 0 Å². The van der Waals surface area contributed by atoms with Crippen molar-refractivity contribution in [3.8, 4) is 0 Å². The molecule has 8 heteroatoms. The zero-order valence-corrected chi connectivity index (χ0v) is 21.2. The number of rotatable bonds is 5. The van der Waals surface area contributed by atoms with Gasteiger partial charge in [-0.15, -0.1) is 0 Å². The summed E-state index contributed by atoms with van der Waals surface area (Å²) < 4.78 is 40.3. The summed E-state index contributed by atoms with van der Waals surface area (Å²) in [7, 11) is 0. The van der Waals surface area contributed by atoms with Crippen LogP contribution in [0.2, 0.25) is 0 Å². The van der Waals surface area contributed by atoms with Gasteiger partial charge in [0.25, 0.3) is 5.91 Å². The molecule has 0 aromatic heterocycles. The molecule has 0 saturated carbocycles. The maximum Gasteiger partial charge on any atom is 0.416 e. The van der Waals surface area contributed by atoms with E-state index in [0.717, 1.165) is 49.4 Å². The Morgan fingerprint density at radius 1 is 0.921 bits per heavy atom. The van der Waals surface area contributed by atoms with E-state index in [1.54, 1.807) is 9.80 Å². The first-order valence-electron chi connectivity index (χ1n) is 12.9. The van der Waals surface area contributed by atoms with Gasteiger partial charge in [-0.25, -0.2) is 0 Å². The third kappa shape index (κ3) is 5.45. The van der Waals surface area contributed by atoms with E-state index in [1.165, 1.54) is 24.6 Å². The van der Waals surface area contributed by atoms with E-state index in [-0.39, 0.29) is 17.5 Å². The molecule has 5 nitrogen and oxygen atoms in total. The summed E-state index contributed by atoms with van der Waals surface area (Å²) >= 11 is 0. The number of likely N-dealkylation sites (tertiary alicyclic amines) is 1.